The average molecular weight is 381 g/mol. The third kappa shape index (κ3) is 5.14. The van der Waals surface area contributed by atoms with Crippen LogP contribution in [-0.2, 0) is 14.8 Å². The molecule has 2 rings (SSSR count). The summed E-state index contributed by atoms with van der Waals surface area (Å²) in [6.45, 7) is 2.89. The van der Waals surface area contributed by atoms with Crippen molar-refractivity contribution < 1.29 is 22.4 Å². The minimum absolute atomic E-state index is 0.0214. The summed E-state index contributed by atoms with van der Waals surface area (Å²) in [5.74, 6) is -0.693. The van der Waals surface area contributed by atoms with E-state index < -0.39 is 15.8 Å². The molecular formula is C17H16FNO4S2. The van der Waals surface area contributed by atoms with Crippen molar-refractivity contribution in [1.29, 1.82) is 0 Å². The molecule has 5 nitrogen and oxygen atoms in total. The number of benzene rings is 2. The fourth-order valence-corrected chi connectivity index (χ4v) is 3.89. The SMILES string of the molecule is CC(=O)SCC(=O)c1ccc(NS(=O)(=O)c2ccc(F)cc2C)cc1. The van der Waals surface area contributed by atoms with Crippen molar-refractivity contribution >= 4 is 38.4 Å². The first-order valence-corrected chi connectivity index (χ1v) is 9.71. The van der Waals surface area contributed by atoms with Gasteiger partial charge in [-0.3, -0.25) is 14.3 Å². The fourth-order valence-electron chi connectivity index (χ4n) is 2.10. The van der Waals surface area contributed by atoms with E-state index in [9.17, 15) is 22.4 Å². The smallest absolute Gasteiger partial charge is 0.262 e. The lowest BCUT2D eigenvalue weighted by molar-refractivity contribution is -0.109. The number of aryl methyl sites for hydroxylation is 1. The highest BCUT2D eigenvalue weighted by molar-refractivity contribution is 8.14. The Labute approximate surface area is 149 Å². The molecule has 0 spiro atoms. The number of anilines is 1. The molecule has 0 aliphatic carbocycles. The molecule has 0 radical (unpaired) electrons. The number of halogens is 1. The molecule has 132 valence electrons. The highest BCUT2D eigenvalue weighted by atomic mass is 32.2. The summed E-state index contributed by atoms with van der Waals surface area (Å²) >= 11 is 0.918. The van der Waals surface area contributed by atoms with Gasteiger partial charge in [0.2, 0.25) is 0 Å². The maximum absolute atomic E-state index is 13.1. The number of hydrogen-bond donors (Lipinski definition) is 1. The summed E-state index contributed by atoms with van der Waals surface area (Å²) in [7, 11) is -3.87. The van der Waals surface area contributed by atoms with Gasteiger partial charge in [0.05, 0.1) is 10.6 Å². The molecule has 0 aliphatic rings. The second-order valence-corrected chi connectivity index (χ2v) is 8.10. The Morgan fingerprint density at radius 3 is 2.32 bits per heavy atom. The van der Waals surface area contributed by atoms with E-state index in [0.717, 1.165) is 23.9 Å². The van der Waals surface area contributed by atoms with Gasteiger partial charge in [0.15, 0.2) is 10.9 Å². The Kier molecular flexibility index (Phi) is 5.97. The van der Waals surface area contributed by atoms with Crippen molar-refractivity contribution in [2.75, 3.05) is 10.5 Å². The van der Waals surface area contributed by atoms with Crippen LogP contribution in [0.2, 0.25) is 0 Å². The van der Waals surface area contributed by atoms with Gasteiger partial charge in [0.1, 0.15) is 5.82 Å². The zero-order valence-corrected chi connectivity index (χ0v) is 15.2. The number of thioether (sulfide) groups is 1. The highest BCUT2D eigenvalue weighted by Gasteiger charge is 2.17. The van der Waals surface area contributed by atoms with E-state index in [4.69, 9.17) is 0 Å². The molecule has 0 amide bonds. The molecule has 0 bridgehead atoms. The van der Waals surface area contributed by atoms with Crippen molar-refractivity contribution in [2.24, 2.45) is 0 Å². The zero-order chi connectivity index (χ0) is 18.6. The normalized spacial score (nSPS) is 11.2. The predicted molar refractivity (Wildman–Crippen MR) is 95.9 cm³/mol. The van der Waals surface area contributed by atoms with E-state index in [1.165, 1.54) is 44.2 Å². The number of sulfonamides is 1. The van der Waals surface area contributed by atoms with E-state index in [2.05, 4.69) is 4.72 Å². The number of carbonyl (C=O) groups is 2. The number of hydrogen-bond acceptors (Lipinski definition) is 5. The van der Waals surface area contributed by atoms with Crippen LogP contribution in [0.25, 0.3) is 0 Å². The number of carbonyl (C=O) groups excluding carboxylic acids is 2. The van der Waals surface area contributed by atoms with Gasteiger partial charge in [-0.2, -0.15) is 0 Å². The minimum atomic E-state index is -3.87. The summed E-state index contributed by atoms with van der Waals surface area (Å²) < 4.78 is 40.3. The molecule has 25 heavy (non-hydrogen) atoms. The summed E-state index contributed by atoms with van der Waals surface area (Å²) in [6.07, 6.45) is 0. The molecule has 0 heterocycles. The van der Waals surface area contributed by atoms with Crippen LogP contribution in [0.1, 0.15) is 22.8 Å². The second kappa shape index (κ2) is 7.79. The number of nitrogens with one attached hydrogen (secondary N) is 1. The minimum Gasteiger partial charge on any atom is -0.293 e. The molecular weight excluding hydrogens is 365 g/mol. The Bertz CT molecular complexity index is 909. The van der Waals surface area contributed by atoms with Crippen molar-refractivity contribution in [3.05, 3.63) is 59.4 Å². The first-order chi connectivity index (χ1) is 11.7. The van der Waals surface area contributed by atoms with E-state index in [0.29, 0.717) is 11.1 Å². The molecule has 0 fully saturated rings. The van der Waals surface area contributed by atoms with Gasteiger partial charge < -0.3 is 0 Å². The third-order valence-electron chi connectivity index (χ3n) is 3.29. The number of rotatable bonds is 6. The molecule has 2 aromatic carbocycles. The van der Waals surface area contributed by atoms with Gasteiger partial charge in [-0.05, 0) is 55.0 Å². The summed E-state index contributed by atoms with van der Waals surface area (Å²) in [5, 5.41) is -0.146. The molecule has 2 aromatic rings. The first-order valence-electron chi connectivity index (χ1n) is 7.24. The second-order valence-electron chi connectivity index (χ2n) is 5.30. The molecule has 0 atom stereocenters. The topological polar surface area (TPSA) is 80.3 Å². The standard InChI is InChI=1S/C17H16FNO4S2/c1-11-9-14(18)5-8-17(11)25(22,23)19-15-6-3-13(4-7-15)16(21)10-24-12(2)20/h3-9,19H,10H2,1-2H3. The van der Waals surface area contributed by atoms with Crippen LogP contribution in [0.4, 0.5) is 10.1 Å². The third-order valence-corrected chi connectivity index (χ3v) is 5.65. The van der Waals surface area contributed by atoms with Crippen LogP contribution in [0, 0.1) is 12.7 Å². The molecule has 1 N–H and O–H groups in total. The highest BCUT2D eigenvalue weighted by Crippen LogP contribution is 2.21. The van der Waals surface area contributed by atoms with E-state index in [-0.39, 0.29) is 27.2 Å². The zero-order valence-electron chi connectivity index (χ0n) is 13.6. The Morgan fingerprint density at radius 1 is 1.12 bits per heavy atom. The molecule has 8 heteroatoms. The van der Waals surface area contributed by atoms with Crippen molar-refractivity contribution in [3.8, 4) is 0 Å². The lowest BCUT2D eigenvalue weighted by Crippen LogP contribution is -2.14. The van der Waals surface area contributed by atoms with Crippen LogP contribution in [0.15, 0.2) is 47.4 Å². The van der Waals surface area contributed by atoms with Crippen LogP contribution < -0.4 is 4.72 Å². The largest absolute Gasteiger partial charge is 0.293 e. The number of ketones is 1. The summed E-state index contributed by atoms with van der Waals surface area (Å²) in [4.78, 5) is 22.8. The molecule has 0 saturated heterocycles. The van der Waals surface area contributed by atoms with Crippen LogP contribution in [-0.4, -0.2) is 25.1 Å². The molecule has 0 saturated carbocycles. The van der Waals surface area contributed by atoms with E-state index >= 15 is 0 Å². The van der Waals surface area contributed by atoms with Crippen molar-refractivity contribution in [1.82, 2.24) is 0 Å². The maximum atomic E-state index is 13.1. The lowest BCUT2D eigenvalue weighted by Gasteiger charge is -2.11. The quantitative estimate of drug-likeness (QED) is 0.776. The Morgan fingerprint density at radius 2 is 1.76 bits per heavy atom. The predicted octanol–water partition coefficient (Wildman–Crippen LogP) is 3.40. The fraction of sp³-hybridized carbons (Fsp3) is 0.176. The van der Waals surface area contributed by atoms with Gasteiger partial charge in [0, 0.05) is 18.2 Å². The number of Topliss-reactive ketones (excluding diaryl/α,β-unsaturated/α-hetero) is 1. The van der Waals surface area contributed by atoms with Gasteiger partial charge >= 0.3 is 0 Å². The first kappa shape index (κ1) is 19.1. The van der Waals surface area contributed by atoms with Gasteiger partial charge in [-0.15, -0.1) is 0 Å². The van der Waals surface area contributed by atoms with Crippen LogP contribution >= 0.6 is 11.8 Å². The molecule has 0 aromatic heterocycles. The van der Waals surface area contributed by atoms with Crippen molar-refractivity contribution in [3.63, 3.8) is 0 Å². The van der Waals surface area contributed by atoms with Gasteiger partial charge in [0.25, 0.3) is 10.0 Å². The van der Waals surface area contributed by atoms with Crippen LogP contribution in [0.5, 0.6) is 0 Å². The monoisotopic (exact) mass is 381 g/mol. The van der Waals surface area contributed by atoms with Gasteiger partial charge in [-0.25, -0.2) is 12.8 Å². The maximum Gasteiger partial charge on any atom is 0.262 e. The lowest BCUT2D eigenvalue weighted by atomic mass is 10.1. The van der Waals surface area contributed by atoms with Gasteiger partial charge in [-0.1, -0.05) is 11.8 Å². The average Bonchev–Trinajstić information content (AvgIpc) is 2.52. The molecule has 0 aliphatic heterocycles. The summed E-state index contributed by atoms with van der Waals surface area (Å²) in [6, 6.07) is 9.31. The Hall–Kier alpha value is -2.19. The van der Waals surface area contributed by atoms with Crippen molar-refractivity contribution in [2.45, 2.75) is 18.7 Å². The summed E-state index contributed by atoms with van der Waals surface area (Å²) in [5.41, 5.74) is 0.953. The molecule has 0 unspecified atom stereocenters. The Balaban J connectivity index is 2.15. The van der Waals surface area contributed by atoms with E-state index in [1.807, 2.05) is 0 Å². The van der Waals surface area contributed by atoms with Crippen LogP contribution in [0.3, 0.4) is 0 Å². The van der Waals surface area contributed by atoms with E-state index in [1.54, 1.807) is 0 Å².